The number of likely N-dealkylation sites (tertiary alicyclic amines) is 1. The molecule has 1 saturated carbocycles. The summed E-state index contributed by atoms with van der Waals surface area (Å²) < 4.78 is 5.47. The van der Waals surface area contributed by atoms with E-state index in [1.807, 2.05) is 20.8 Å². The smallest absolute Gasteiger partial charge is 0.411 e. The summed E-state index contributed by atoms with van der Waals surface area (Å²) in [5.41, 5.74) is -0.622. The Hall–Kier alpha value is -1.89. The fraction of sp³-hybridized carbons (Fsp3) is 0.625. The van der Waals surface area contributed by atoms with Crippen molar-refractivity contribution < 1.29 is 14.3 Å². The van der Waals surface area contributed by atoms with Crippen LogP contribution >= 0.6 is 11.6 Å². The van der Waals surface area contributed by atoms with Gasteiger partial charge in [0.25, 0.3) is 0 Å². The van der Waals surface area contributed by atoms with Crippen LogP contribution in [0.1, 0.15) is 40.5 Å². The number of aromatic nitrogens is 2. The molecule has 24 heavy (non-hydrogen) atoms. The van der Waals surface area contributed by atoms with Crippen molar-refractivity contribution in [3.05, 3.63) is 17.5 Å². The molecule has 0 aromatic carbocycles. The maximum absolute atomic E-state index is 12.6. The molecular formula is C16H21ClN4O3. The average molecular weight is 353 g/mol. The van der Waals surface area contributed by atoms with Gasteiger partial charge in [-0.25, -0.2) is 9.78 Å². The van der Waals surface area contributed by atoms with Gasteiger partial charge in [0.2, 0.25) is 5.91 Å². The zero-order valence-electron chi connectivity index (χ0n) is 14.2. The van der Waals surface area contributed by atoms with E-state index in [1.165, 1.54) is 12.4 Å². The Balaban J connectivity index is 1.75. The van der Waals surface area contributed by atoms with Crippen LogP contribution in [0.25, 0.3) is 0 Å². The third-order valence-electron chi connectivity index (χ3n) is 4.40. The highest BCUT2D eigenvalue weighted by atomic mass is 35.5. The summed E-state index contributed by atoms with van der Waals surface area (Å²) in [5.74, 6) is -0.0341. The average Bonchev–Trinajstić information content (AvgIpc) is 2.98. The lowest BCUT2D eigenvalue weighted by atomic mass is 10.0. The van der Waals surface area contributed by atoms with Gasteiger partial charge in [0.15, 0.2) is 5.82 Å². The number of hydrogen-bond donors (Lipinski definition) is 1. The summed E-state index contributed by atoms with van der Waals surface area (Å²) in [4.78, 5) is 34.6. The summed E-state index contributed by atoms with van der Waals surface area (Å²) >= 11 is 5.78. The first-order chi connectivity index (χ1) is 11.1. The van der Waals surface area contributed by atoms with Gasteiger partial charge in [-0.05, 0) is 39.0 Å². The van der Waals surface area contributed by atoms with Crippen LogP contribution in [0.5, 0.6) is 0 Å². The predicted octanol–water partition coefficient (Wildman–Crippen LogP) is 2.86. The Kier molecular flexibility index (Phi) is 3.94. The number of fused-ring (bicyclic) bond motifs is 1. The van der Waals surface area contributed by atoms with Gasteiger partial charge in [-0.15, -0.1) is 0 Å². The fourth-order valence-corrected chi connectivity index (χ4v) is 3.34. The normalized spacial score (nSPS) is 28.3. The Labute approximate surface area is 145 Å². The summed E-state index contributed by atoms with van der Waals surface area (Å²) in [6, 6.07) is -0.530. The monoisotopic (exact) mass is 352 g/mol. The van der Waals surface area contributed by atoms with Crippen LogP contribution < -0.4 is 5.32 Å². The van der Waals surface area contributed by atoms with Crippen LogP contribution in [0.15, 0.2) is 12.4 Å². The number of carbonyl (C=O) groups is 2. The lowest BCUT2D eigenvalue weighted by Crippen LogP contribution is -2.47. The summed E-state index contributed by atoms with van der Waals surface area (Å²) in [6.45, 7) is 7.51. The molecule has 7 nitrogen and oxygen atoms in total. The molecule has 2 fully saturated rings. The molecule has 1 saturated heterocycles. The topological polar surface area (TPSA) is 84.4 Å². The van der Waals surface area contributed by atoms with Crippen LogP contribution in [0, 0.1) is 5.41 Å². The van der Waals surface area contributed by atoms with Gasteiger partial charge >= 0.3 is 6.09 Å². The molecular weight excluding hydrogens is 332 g/mol. The second kappa shape index (κ2) is 5.58. The zero-order chi connectivity index (χ0) is 17.7. The molecule has 0 radical (unpaired) electrons. The first kappa shape index (κ1) is 17.0. The minimum Gasteiger partial charge on any atom is -0.444 e. The van der Waals surface area contributed by atoms with E-state index in [0.29, 0.717) is 6.42 Å². The number of hydrogen-bond acceptors (Lipinski definition) is 5. The van der Waals surface area contributed by atoms with Crippen molar-refractivity contribution in [3.8, 4) is 0 Å². The number of amides is 2. The molecule has 1 aliphatic carbocycles. The molecule has 3 atom stereocenters. The summed E-state index contributed by atoms with van der Waals surface area (Å²) in [6.07, 6.45) is 3.85. The van der Waals surface area contributed by atoms with Gasteiger partial charge in [-0.1, -0.05) is 18.5 Å². The van der Waals surface area contributed by atoms with Crippen molar-refractivity contribution >= 4 is 29.4 Å². The van der Waals surface area contributed by atoms with E-state index >= 15 is 0 Å². The highest BCUT2D eigenvalue weighted by Gasteiger charge is 2.65. The molecule has 1 aromatic heterocycles. The van der Waals surface area contributed by atoms with Crippen molar-refractivity contribution in [2.45, 2.75) is 58.2 Å². The van der Waals surface area contributed by atoms with E-state index in [2.05, 4.69) is 22.2 Å². The van der Waals surface area contributed by atoms with Crippen molar-refractivity contribution in [1.29, 1.82) is 0 Å². The van der Waals surface area contributed by atoms with Gasteiger partial charge in [0.05, 0.1) is 12.4 Å². The number of rotatable bonds is 2. The van der Waals surface area contributed by atoms with E-state index in [0.717, 1.165) is 6.42 Å². The van der Waals surface area contributed by atoms with E-state index in [4.69, 9.17) is 16.3 Å². The molecule has 130 valence electrons. The molecule has 1 N–H and O–H groups in total. The first-order valence-corrected chi connectivity index (χ1v) is 8.27. The second-order valence-corrected chi connectivity index (χ2v) is 8.09. The standard InChI is InChI=1S/C16H21ClN4O3/c1-15(2,3)24-14(23)21-9(5-16(4)6-10(16)21)13(22)20-12-8-18-7-11(17)19-12/h7-10H,5-6H2,1-4H3,(H,19,20,22)/t9-,10+,16-/m0/s1. The quantitative estimate of drug-likeness (QED) is 0.884. The molecule has 8 heteroatoms. The fourth-order valence-electron chi connectivity index (χ4n) is 3.19. The number of halogens is 1. The highest BCUT2D eigenvalue weighted by Crippen LogP contribution is 2.59. The number of carbonyl (C=O) groups excluding carboxylic acids is 2. The van der Waals surface area contributed by atoms with Gasteiger partial charge in [0, 0.05) is 6.04 Å². The summed E-state index contributed by atoms with van der Waals surface area (Å²) in [7, 11) is 0. The van der Waals surface area contributed by atoms with Crippen molar-refractivity contribution in [2.24, 2.45) is 5.41 Å². The largest absolute Gasteiger partial charge is 0.444 e. The minimum absolute atomic E-state index is 0.0150. The van der Waals surface area contributed by atoms with Crippen molar-refractivity contribution in [1.82, 2.24) is 14.9 Å². The molecule has 2 heterocycles. The predicted molar refractivity (Wildman–Crippen MR) is 88.7 cm³/mol. The van der Waals surface area contributed by atoms with Crippen molar-refractivity contribution in [3.63, 3.8) is 0 Å². The number of piperidine rings is 1. The van der Waals surface area contributed by atoms with E-state index < -0.39 is 17.7 Å². The second-order valence-electron chi connectivity index (χ2n) is 7.70. The molecule has 0 spiro atoms. The minimum atomic E-state index is -0.607. The SMILES string of the molecule is CC(C)(C)OC(=O)N1[C@H](C(=O)Nc2cncc(Cl)n2)C[C@@]2(C)C[C@@H]12. The van der Waals surface area contributed by atoms with E-state index in [-0.39, 0.29) is 28.3 Å². The van der Waals surface area contributed by atoms with Crippen molar-refractivity contribution in [2.75, 3.05) is 5.32 Å². The van der Waals surface area contributed by atoms with Crippen LogP contribution in [-0.2, 0) is 9.53 Å². The van der Waals surface area contributed by atoms with Crippen LogP contribution in [-0.4, -0.2) is 44.6 Å². The molecule has 0 bridgehead atoms. The number of ether oxygens (including phenoxy) is 1. The maximum atomic E-state index is 12.6. The van der Waals surface area contributed by atoms with Gasteiger partial charge in [-0.2, -0.15) is 0 Å². The maximum Gasteiger partial charge on any atom is 0.411 e. The summed E-state index contributed by atoms with van der Waals surface area (Å²) in [5, 5.41) is 2.88. The molecule has 1 aliphatic heterocycles. The Morgan fingerprint density at radius 3 is 2.71 bits per heavy atom. The Morgan fingerprint density at radius 1 is 1.38 bits per heavy atom. The van der Waals surface area contributed by atoms with Gasteiger partial charge in [-0.3, -0.25) is 14.7 Å². The van der Waals surface area contributed by atoms with Crippen LogP contribution in [0.4, 0.5) is 10.6 Å². The lowest BCUT2D eigenvalue weighted by Gasteiger charge is -2.29. The van der Waals surface area contributed by atoms with Crippen LogP contribution in [0.3, 0.4) is 0 Å². The molecule has 0 unspecified atom stereocenters. The van der Waals surface area contributed by atoms with Crippen LogP contribution in [0.2, 0.25) is 5.15 Å². The highest BCUT2D eigenvalue weighted by molar-refractivity contribution is 6.29. The number of anilines is 1. The zero-order valence-corrected chi connectivity index (χ0v) is 14.9. The number of nitrogens with one attached hydrogen (secondary N) is 1. The Morgan fingerprint density at radius 2 is 2.08 bits per heavy atom. The van der Waals surface area contributed by atoms with E-state index in [1.54, 1.807) is 4.90 Å². The molecule has 1 aromatic rings. The third-order valence-corrected chi connectivity index (χ3v) is 4.58. The molecule has 2 amide bonds. The first-order valence-electron chi connectivity index (χ1n) is 7.89. The third kappa shape index (κ3) is 3.31. The Bertz CT molecular complexity index is 690. The van der Waals surface area contributed by atoms with E-state index in [9.17, 15) is 9.59 Å². The molecule has 3 rings (SSSR count). The lowest BCUT2D eigenvalue weighted by molar-refractivity contribution is -0.121. The van der Waals surface area contributed by atoms with Gasteiger partial charge in [0.1, 0.15) is 16.8 Å². The van der Waals surface area contributed by atoms with Gasteiger partial charge < -0.3 is 10.1 Å². The number of nitrogens with zero attached hydrogens (tertiary/aromatic N) is 3. The molecule has 2 aliphatic rings.